The van der Waals surface area contributed by atoms with E-state index in [0.29, 0.717) is 29.9 Å². The van der Waals surface area contributed by atoms with Gasteiger partial charge in [0.25, 0.3) is 15.9 Å². The predicted molar refractivity (Wildman–Crippen MR) is 140 cm³/mol. The third-order valence-corrected chi connectivity index (χ3v) is 7.69. The molecule has 1 fully saturated rings. The molecule has 0 bridgehead atoms. The van der Waals surface area contributed by atoms with Crippen molar-refractivity contribution in [2.24, 2.45) is 0 Å². The summed E-state index contributed by atoms with van der Waals surface area (Å²) in [4.78, 5) is 21.4. The maximum Gasteiger partial charge on any atom is 0.264 e. The third-order valence-electron chi connectivity index (χ3n) is 6.27. The number of para-hydroxylation sites is 1. The summed E-state index contributed by atoms with van der Waals surface area (Å²) in [7, 11) is -2.21. The van der Waals surface area contributed by atoms with Crippen molar-refractivity contribution in [2.45, 2.75) is 4.90 Å². The summed E-state index contributed by atoms with van der Waals surface area (Å²) in [5.41, 5.74) is 2.40. The number of hydrogen-bond acceptors (Lipinski definition) is 6. The van der Waals surface area contributed by atoms with Gasteiger partial charge in [0.1, 0.15) is 10.6 Å². The minimum Gasteiger partial charge on any atom is -0.497 e. The highest BCUT2D eigenvalue weighted by Gasteiger charge is 2.23. The first kappa shape index (κ1) is 23.6. The minimum atomic E-state index is -3.85. The molecule has 1 amide bonds. The Bertz CT molecular complexity index is 1480. The molecule has 0 radical (unpaired) electrons. The molecule has 0 aliphatic carbocycles. The highest BCUT2D eigenvalue weighted by atomic mass is 32.2. The molecule has 9 heteroatoms. The molecule has 184 valence electrons. The second-order valence-electron chi connectivity index (χ2n) is 8.49. The van der Waals surface area contributed by atoms with E-state index < -0.39 is 10.0 Å². The number of aromatic nitrogens is 1. The Morgan fingerprint density at radius 3 is 2.28 bits per heavy atom. The highest BCUT2D eigenvalue weighted by molar-refractivity contribution is 7.93. The number of methoxy groups -OCH3 is 1. The number of benzene rings is 3. The molecule has 0 unspecified atom stereocenters. The monoisotopic (exact) mass is 502 g/mol. The topological polar surface area (TPSA) is 91.8 Å². The van der Waals surface area contributed by atoms with E-state index in [1.807, 2.05) is 41.3 Å². The van der Waals surface area contributed by atoms with Crippen LogP contribution in [0.4, 0.5) is 11.4 Å². The summed E-state index contributed by atoms with van der Waals surface area (Å²) < 4.78 is 33.9. The van der Waals surface area contributed by atoms with Crippen LogP contribution in [0, 0.1) is 0 Å². The number of rotatable bonds is 6. The van der Waals surface area contributed by atoms with Crippen LogP contribution >= 0.6 is 0 Å². The first-order valence-electron chi connectivity index (χ1n) is 11.6. The molecule has 0 spiro atoms. The highest BCUT2D eigenvalue weighted by Crippen LogP contribution is 2.24. The molecular formula is C27H26N4O4S. The van der Waals surface area contributed by atoms with E-state index in [1.54, 1.807) is 49.7 Å². The molecule has 3 aromatic carbocycles. The van der Waals surface area contributed by atoms with Gasteiger partial charge in [-0.2, -0.15) is 0 Å². The second kappa shape index (κ2) is 9.87. The van der Waals surface area contributed by atoms with Crippen molar-refractivity contribution >= 4 is 38.2 Å². The summed E-state index contributed by atoms with van der Waals surface area (Å²) in [6.45, 7) is 2.67. The number of pyridine rings is 1. The van der Waals surface area contributed by atoms with Gasteiger partial charge in [-0.25, -0.2) is 8.42 Å². The van der Waals surface area contributed by atoms with Crippen molar-refractivity contribution in [2.75, 3.05) is 42.9 Å². The fourth-order valence-electron chi connectivity index (χ4n) is 4.33. The minimum absolute atomic E-state index is 0.0722. The summed E-state index contributed by atoms with van der Waals surface area (Å²) in [6.07, 6.45) is 1.57. The molecule has 36 heavy (non-hydrogen) atoms. The lowest BCUT2D eigenvalue weighted by molar-refractivity contribution is 0.0747. The lowest BCUT2D eigenvalue weighted by atomic mass is 10.1. The van der Waals surface area contributed by atoms with Crippen molar-refractivity contribution in [3.05, 3.63) is 90.6 Å². The number of sulfonamides is 1. The van der Waals surface area contributed by atoms with Gasteiger partial charge in [-0.1, -0.05) is 18.2 Å². The zero-order valence-corrected chi connectivity index (χ0v) is 20.6. The Hall–Kier alpha value is -4.11. The van der Waals surface area contributed by atoms with Gasteiger partial charge in [-0.3, -0.25) is 14.5 Å². The van der Waals surface area contributed by atoms with E-state index >= 15 is 0 Å². The van der Waals surface area contributed by atoms with Crippen LogP contribution in [0.2, 0.25) is 0 Å². The van der Waals surface area contributed by atoms with Crippen LogP contribution in [0.1, 0.15) is 10.4 Å². The molecule has 5 rings (SSSR count). The molecular weight excluding hydrogens is 476 g/mol. The fraction of sp³-hybridized carbons (Fsp3) is 0.185. The zero-order chi connectivity index (χ0) is 25.1. The summed E-state index contributed by atoms with van der Waals surface area (Å²) in [5.74, 6) is 0.740. The van der Waals surface area contributed by atoms with Crippen LogP contribution in [0.15, 0.2) is 90.0 Å². The van der Waals surface area contributed by atoms with E-state index in [1.165, 1.54) is 6.07 Å². The van der Waals surface area contributed by atoms with E-state index in [0.717, 1.165) is 29.9 Å². The molecule has 2 heterocycles. The van der Waals surface area contributed by atoms with E-state index in [9.17, 15) is 13.2 Å². The SMILES string of the molecule is COc1ccc(N2CCN(C(=O)c3ccc(NS(=O)(=O)c4cccc5cccnc45)cc3)CC2)cc1. The van der Waals surface area contributed by atoms with Crippen LogP contribution in [0.25, 0.3) is 10.9 Å². The molecule has 4 aromatic rings. The fourth-order valence-corrected chi connectivity index (χ4v) is 5.57. The molecule has 8 nitrogen and oxygen atoms in total. The van der Waals surface area contributed by atoms with Gasteiger partial charge in [0.05, 0.1) is 12.6 Å². The predicted octanol–water partition coefficient (Wildman–Crippen LogP) is 4.01. The lowest BCUT2D eigenvalue weighted by Gasteiger charge is -2.36. The number of nitrogens with one attached hydrogen (secondary N) is 1. The largest absolute Gasteiger partial charge is 0.497 e. The van der Waals surface area contributed by atoms with Gasteiger partial charge in [0, 0.05) is 54.7 Å². The van der Waals surface area contributed by atoms with Crippen LogP contribution in [0.5, 0.6) is 5.75 Å². The molecule has 0 saturated carbocycles. The number of nitrogens with zero attached hydrogens (tertiary/aromatic N) is 3. The van der Waals surface area contributed by atoms with Crippen LogP contribution in [-0.4, -0.2) is 57.5 Å². The van der Waals surface area contributed by atoms with E-state index in [-0.39, 0.29) is 10.8 Å². The Morgan fingerprint density at radius 2 is 1.58 bits per heavy atom. The first-order valence-corrected chi connectivity index (χ1v) is 13.1. The van der Waals surface area contributed by atoms with E-state index in [4.69, 9.17) is 4.74 Å². The van der Waals surface area contributed by atoms with Gasteiger partial charge in [-0.05, 0) is 60.7 Å². The van der Waals surface area contributed by atoms with Crippen molar-refractivity contribution in [3.63, 3.8) is 0 Å². The van der Waals surface area contributed by atoms with Crippen molar-refractivity contribution in [1.82, 2.24) is 9.88 Å². The number of piperazine rings is 1. The number of carbonyl (C=O) groups is 1. The average Bonchev–Trinajstić information content (AvgIpc) is 2.93. The van der Waals surface area contributed by atoms with Crippen LogP contribution < -0.4 is 14.4 Å². The molecule has 1 N–H and O–H groups in total. The van der Waals surface area contributed by atoms with Crippen LogP contribution in [0.3, 0.4) is 0 Å². The van der Waals surface area contributed by atoms with Gasteiger partial charge >= 0.3 is 0 Å². The van der Waals surface area contributed by atoms with Crippen molar-refractivity contribution < 1.29 is 17.9 Å². The number of carbonyl (C=O) groups excluding carboxylic acids is 1. The Balaban J connectivity index is 1.23. The first-order chi connectivity index (χ1) is 17.4. The van der Waals surface area contributed by atoms with Gasteiger partial charge in [0.2, 0.25) is 0 Å². The number of anilines is 2. The normalized spacial score (nSPS) is 14.0. The van der Waals surface area contributed by atoms with Gasteiger partial charge in [-0.15, -0.1) is 0 Å². The van der Waals surface area contributed by atoms with E-state index in [2.05, 4.69) is 14.6 Å². The smallest absolute Gasteiger partial charge is 0.264 e. The van der Waals surface area contributed by atoms with Crippen molar-refractivity contribution in [3.8, 4) is 5.75 Å². The summed E-state index contributed by atoms with van der Waals surface area (Å²) in [5, 5.41) is 0.744. The quantitative estimate of drug-likeness (QED) is 0.428. The van der Waals surface area contributed by atoms with Gasteiger partial charge in [0.15, 0.2) is 0 Å². The third kappa shape index (κ3) is 4.83. The number of amides is 1. The molecule has 1 aliphatic heterocycles. The Morgan fingerprint density at radius 1 is 0.889 bits per heavy atom. The maximum atomic E-state index is 13.0. The Kier molecular flexibility index (Phi) is 6.47. The molecule has 1 aliphatic rings. The lowest BCUT2D eigenvalue weighted by Crippen LogP contribution is -2.48. The number of ether oxygens (including phenoxy) is 1. The number of fused-ring (bicyclic) bond motifs is 1. The Labute approximate surface area is 210 Å². The summed E-state index contributed by atoms with van der Waals surface area (Å²) >= 11 is 0. The maximum absolute atomic E-state index is 13.0. The molecule has 1 saturated heterocycles. The molecule has 0 atom stereocenters. The second-order valence-corrected chi connectivity index (χ2v) is 10.1. The zero-order valence-electron chi connectivity index (χ0n) is 19.8. The average molecular weight is 503 g/mol. The standard InChI is InChI=1S/C27H26N4O4S/c1-35-24-13-11-23(12-14-24)30-16-18-31(19-17-30)27(32)21-7-9-22(10-8-21)29-36(33,34)25-6-2-4-20-5-3-15-28-26(20)25/h2-15,29H,16-19H2,1H3. The van der Waals surface area contributed by atoms with Crippen LogP contribution in [-0.2, 0) is 10.0 Å². The number of hydrogen-bond donors (Lipinski definition) is 1. The summed E-state index contributed by atoms with van der Waals surface area (Å²) in [6, 6.07) is 23.0. The van der Waals surface area contributed by atoms with Gasteiger partial charge < -0.3 is 14.5 Å². The van der Waals surface area contributed by atoms with Crippen molar-refractivity contribution in [1.29, 1.82) is 0 Å². The molecule has 1 aromatic heterocycles.